The van der Waals surface area contributed by atoms with Crippen molar-refractivity contribution in [3.05, 3.63) is 18.2 Å². The minimum absolute atomic E-state index is 0.0683. The SMILES string of the molecule is CCn1cc[n+](C)c1C([O-])=NC1CCCC1. The van der Waals surface area contributed by atoms with Crippen molar-refractivity contribution in [2.75, 3.05) is 0 Å². The molecule has 16 heavy (non-hydrogen) atoms. The zero-order chi connectivity index (χ0) is 11.5. The van der Waals surface area contributed by atoms with E-state index in [4.69, 9.17) is 0 Å². The van der Waals surface area contributed by atoms with E-state index in [1.807, 2.05) is 35.5 Å². The fourth-order valence-electron chi connectivity index (χ4n) is 2.31. The molecule has 0 unspecified atom stereocenters. The van der Waals surface area contributed by atoms with Crippen molar-refractivity contribution < 1.29 is 9.67 Å². The first-order chi connectivity index (χ1) is 7.72. The zero-order valence-corrected chi connectivity index (χ0v) is 10.0. The van der Waals surface area contributed by atoms with Crippen LogP contribution in [-0.2, 0) is 13.6 Å². The van der Waals surface area contributed by atoms with E-state index < -0.39 is 0 Å². The van der Waals surface area contributed by atoms with Gasteiger partial charge in [0.1, 0.15) is 12.4 Å². The molecule has 1 aromatic rings. The Morgan fingerprint density at radius 1 is 1.56 bits per heavy atom. The van der Waals surface area contributed by atoms with Crippen LogP contribution in [0.2, 0.25) is 0 Å². The van der Waals surface area contributed by atoms with Gasteiger partial charge >= 0.3 is 0 Å². The van der Waals surface area contributed by atoms with Crippen LogP contribution in [0.25, 0.3) is 0 Å². The summed E-state index contributed by atoms with van der Waals surface area (Å²) >= 11 is 0. The van der Waals surface area contributed by atoms with Gasteiger partial charge in [-0.1, -0.05) is 12.8 Å². The Morgan fingerprint density at radius 3 is 2.88 bits per heavy atom. The van der Waals surface area contributed by atoms with Crippen LogP contribution in [0.15, 0.2) is 17.4 Å². The van der Waals surface area contributed by atoms with Gasteiger partial charge in [0.15, 0.2) is 0 Å². The highest BCUT2D eigenvalue weighted by Gasteiger charge is 2.17. The molecule has 0 aliphatic heterocycles. The summed E-state index contributed by atoms with van der Waals surface area (Å²) in [5, 5.41) is 12.1. The highest BCUT2D eigenvalue weighted by molar-refractivity contribution is 5.85. The third kappa shape index (κ3) is 2.10. The molecule has 0 atom stereocenters. The lowest BCUT2D eigenvalue weighted by Gasteiger charge is -2.11. The molecule has 1 saturated carbocycles. The van der Waals surface area contributed by atoms with Crippen molar-refractivity contribution in [3.63, 3.8) is 0 Å². The van der Waals surface area contributed by atoms with Gasteiger partial charge in [-0.3, -0.25) is 4.99 Å². The van der Waals surface area contributed by atoms with E-state index in [-0.39, 0.29) is 11.9 Å². The van der Waals surface area contributed by atoms with E-state index in [0.717, 1.165) is 19.4 Å². The summed E-state index contributed by atoms with van der Waals surface area (Å²) in [6.45, 7) is 2.84. The number of imidazole rings is 1. The van der Waals surface area contributed by atoms with Gasteiger partial charge in [0.25, 0.3) is 5.82 Å². The van der Waals surface area contributed by atoms with Crippen LogP contribution >= 0.6 is 0 Å². The molecule has 0 spiro atoms. The first kappa shape index (κ1) is 11.2. The second-order valence-electron chi connectivity index (χ2n) is 4.39. The molecule has 0 N–H and O–H groups in total. The zero-order valence-electron chi connectivity index (χ0n) is 10.0. The monoisotopic (exact) mass is 221 g/mol. The summed E-state index contributed by atoms with van der Waals surface area (Å²) in [5.74, 6) is 0.621. The van der Waals surface area contributed by atoms with Gasteiger partial charge in [-0.2, -0.15) is 0 Å². The predicted molar refractivity (Wildman–Crippen MR) is 60.1 cm³/mol. The Morgan fingerprint density at radius 2 is 2.25 bits per heavy atom. The molecule has 1 aliphatic rings. The van der Waals surface area contributed by atoms with Crippen LogP contribution < -0.4 is 9.67 Å². The van der Waals surface area contributed by atoms with Crippen molar-refractivity contribution in [2.24, 2.45) is 12.0 Å². The molecular weight excluding hydrogens is 202 g/mol. The summed E-state index contributed by atoms with van der Waals surface area (Å²) in [6, 6.07) is 0.257. The molecule has 4 nitrogen and oxygen atoms in total. The fourth-order valence-corrected chi connectivity index (χ4v) is 2.31. The van der Waals surface area contributed by atoms with Gasteiger partial charge in [-0.05, 0) is 19.8 Å². The Balaban J connectivity index is 2.24. The molecule has 0 radical (unpaired) electrons. The van der Waals surface area contributed by atoms with Gasteiger partial charge in [-0.15, -0.1) is 0 Å². The summed E-state index contributed by atoms with van der Waals surface area (Å²) in [6.07, 6.45) is 8.40. The van der Waals surface area contributed by atoms with Crippen LogP contribution in [0.1, 0.15) is 38.4 Å². The number of aromatic nitrogens is 2. The maximum atomic E-state index is 12.1. The smallest absolute Gasteiger partial charge is 0.291 e. The lowest BCUT2D eigenvalue weighted by atomic mass is 10.3. The highest BCUT2D eigenvalue weighted by Crippen LogP contribution is 2.21. The minimum atomic E-state index is -0.0683. The van der Waals surface area contributed by atoms with Crippen molar-refractivity contribution >= 4 is 5.90 Å². The lowest BCUT2D eigenvalue weighted by Crippen LogP contribution is -2.40. The largest absolute Gasteiger partial charge is 0.853 e. The molecule has 2 rings (SSSR count). The van der Waals surface area contributed by atoms with Crippen molar-refractivity contribution in [3.8, 4) is 0 Å². The first-order valence-corrected chi connectivity index (χ1v) is 6.02. The molecule has 1 aromatic heterocycles. The van der Waals surface area contributed by atoms with E-state index in [2.05, 4.69) is 4.99 Å². The Bertz CT molecular complexity index is 389. The maximum absolute atomic E-state index is 12.1. The molecule has 88 valence electrons. The molecule has 0 bridgehead atoms. The van der Waals surface area contributed by atoms with Crippen LogP contribution in [0, 0.1) is 0 Å². The highest BCUT2D eigenvalue weighted by atomic mass is 16.3. The number of hydrogen-bond donors (Lipinski definition) is 0. The van der Waals surface area contributed by atoms with E-state index >= 15 is 0 Å². The number of nitrogens with zero attached hydrogens (tertiary/aromatic N) is 3. The van der Waals surface area contributed by atoms with Gasteiger partial charge in [0, 0.05) is 6.04 Å². The van der Waals surface area contributed by atoms with E-state index in [9.17, 15) is 5.11 Å². The van der Waals surface area contributed by atoms with Gasteiger partial charge in [0.2, 0.25) is 0 Å². The average molecular weight is 221 g/mol. The van der Waals surface area contributed by atoms with Crippen molar-refractivity contribution in [2.45, 2.75) is 45.2 Å². The minimum Gasteiger partial charge on any atom is -0.853 e. The number of aliphatic imine (C=N–C) groups is 1. The normalized spacial score (nSPS) is 18.2. The van der Waals surface area contributed by atoms with E-state index in [0.29, 0.717) is 5.82 Å². The number of rotatable bonds is 3. The van der Waals surface area contributed by atoms with Crippen LogP contribution in [0.5, 0.6) is 0 Å². The van der Waals surface area contributed by atoms with Crippen LogP contribution in [-0.4, -0.2) is 16.5 Å². The quantitative estimate of drug-likeness (QED) is 0.413. The van der Waals surface area contributed by atoms with E-state index in [1.165, 1.54) is 12.8 Å². The lowest BCUT2D eigenvalue weighted by molar-refractivity contribution is -0.674. The second-order valence-corrected chi connectivity index (χ2v) is 4.39. The van der Waals surface area contributed by atoms with Gasteiger partial charge in [-0.25, -0.2) is 9.13 Å². The summed E-state index contributed by atoms with van der Waals surface area (Å²) < 4.78 is 3.80. The molecule has 0 saturated heterocycles. The van der Waals surface area contributed by atoms with Gasteiger partial charge in [0.05, 0.1) is 19.5 Å². The molecule has 1 heterocycles. The molecule has 1 aliphatic carbocycles. The number of hydrogen-bond acceptors (Lipinski definition) is 2. The summed E-state index contributed by atoms with van der Waals surface area (Å²) in [7, 11) is 1.89. The Labute approximate surface area is 96.2 Å². The predicted octanol–water partition coefficient (Wildman–Crippen LogP) is 0.382. The topological polar surface area (TPSA) is 44.2 Å². The maximum Gasteiger partial charge on any atom is 0.291 e. The summed E-state index contributed by atoms with van der Waals surface area (Å²) in [4.78, 5) is 4.31. The molecule has 0 amide bonds. The Kier molecular flexibility index (Phi) is 3.27. The van der Waals surface area contributed by atoms with Crippen molar-refractivity contribution in [1.29, 1.82) is 0 Å². The fraction of sp³-hybridized carbons (Fsp3) is 0.667. The van der Waals surface area contributed by atoms with Crippen LogP contribution in [0.3, 0.4) is 0 Å². The van der Waals surface area contributed by atoms with Crippen LogP contribution in [0.4, 0.5) is 0 Å². The first-order valence-electron chi connectivity index (χ1n) is 6.02. The second kappa shape index (κ2) is 4.68. The van der Waals surface area contributed by atoms with E-state index in [1.54, 1.807) is 0 Å². The number of aryl methyl sites for hydroxylation is 2. The molecule has 0 aromatic carbocycles. The molecular formula is C12H19N3O. The average Bonchev–Trinajstić information content (AvgIpc) is 2.87. The van der Waals surface area contributed by atoms with Crippen molar-refractivity contribution in [1.82, 2.24) is 4.57 Å². The third-order valence-electron chi connectivity index (χ3n) is 3.23. The van der Waals surface area contributed by atoms with Gasteiger partial charge < -0.3 is 5.11 Å². The summed E-state index contributed by atoms with van der Waals surface area (Å²) in [5.41, 5.74) is 0. The molecule has 1 fully saturated rings. The molecule has 4 heteroatoms. The standard InChI is InChI=1S/C12H19N3O/c1-3-15-9-8-14(2)12(15)11(16)13-10-6-4-5-7-10/h8-10H,3-7H2,1-2H3. The third-order valence-corrected chi connectivity index (χ3v) is 3.23. The Hall–Kier alpha value is -1.32.